The highest BCUT2D eigenvalue weighted by Gasteiger charge is 2.37. The van der Waals surface area contributed by atoms with Gasteiger partial charge in [-0.15, -0.1) is 0 Å². The highest BCUT2D eigenvalue weighted by atomic mass is 19.4. The molecule has 0 aliphatic rings. The maximum Gasteiger partial charge on any atom is 0.417 e. The van der Waals surface area contributed by atoms with Crippen LogP contribution < -0.4 is 0 Å². The molecule has 1 aromatic carbocycles. The minimum Gasteiger partial charge on any atom is -0.462 e. The summed E-state index contributed by atoms with van der Waals surface area (Å²) in [6.45, 7) is 3.92. The quantitative estimate of drug-likeness (QED) is 0.455. The third-order valence-corrected chi connectivity index (χ3v) is 2.68. The van der Waals surface area contributed by atoms with Crippen molar-refractivity contribution < 1.29 is 27.1 Å². The molecule has 0 aliphatic heterocycles. The first-order valence-electron chi connectivity index (χ1n) is 6.26. The van der Waals surface area contributed by atoms with Crippen LogP contribution in [0.1, 0.15) is 42.6 Å². The zero-order valence-electron chi connectivity index (χ0n) is 11.3. The molecule has 0 aliphatic carbocycles. The zero-order chi connectivity index (χ0) is 15.3. The van der Waals surface area contributed by atoms with Gasteiger partial charge in [-0.1, -0.05) is 19.9 Å². The van der Waals surface area contributed by atoms with Crippen LogP contribution in [0.25, 0.3) is 0 Å². The molecule has 0 spiro atoms. The lowest BCUT2D eigenvalue weighted by atomic mass is 10.1. The number of rotatable bonds is 5. The number of hydrogen-bond acceptors (Lipinski definition) is 2. The number of hydrogen-bond donors (Lipinski definition) is 0. The van der Waals surface area contributed by atoms with Crippen molar-refractivity contribution in [1.82, 2.24) is 0 Å². The van der Waals surface area contributed by atoms with Gasteiger partial charge in [0.1, 0.15) is 11.4 Å². The molecule has 1 aromatic rings. The van der Waals surface area contributed by atoms with Crippen LogP contribution in [0.15, 0.2) is 18.2 Å². The molecule has 0 fully saturated rings. The predicted octanol–water partition coefficient (Wildman–Crippen LogP) is 4.44. The summed E-state index contributed by atoms with van der Waals surface area (Å²) in [6.07, 6.45) is -3.50. The average molecular weight is 292 g/mol. The van der Waals surface area contributed by atoms with E-state index < -0.39 is 29.1 Å². The Labute approximate surface area is 114 Å². The Hall–Kier alpha value is -1.59. The van der Waals surface area contributed by atoms with Crippen LogP contribution in [-0.4, -0.2) is 12.6 Å². The van der Waals surface area contributed by atoms with Crippen LogP contribution in [0.2, 0.25) is 0 Å². The van der Waals surface area contributed by atoms with E-state index in [0.29, 0.717) is 18.4 Å². The Bertz CT molecular complexity index is 467. The van der Waals surface area contributed by atoms with Gasteiger partial charge in [0, 0.05) is 0 Å². The normalized spacial score (nSPS) is 11.8. The smallest absolute Gasteiger partial charge is 0.417 e. The fourth-order valence-corrected chi connectivity index (χ4v) is 1.70. The summed E-state index contributed by atoms with van der Waals surface area (Å²) in [6, 6.07) is 2.38. The number of esters is 1. The SMILES string of the molecule is CC(C)CCCOC(=O)c1c(F)cccc1C(F)(F)F. The van der Waals surface area contributed by atoms with Gasteiger partial charge in [-0.25, -0.2) is 9.18 Å². The fraction of sp³-hybridized carbons (Fsp3) is 0.500. The van der Waals surface area contributed by atoms with Crippen molar-refractivity contribution in [2.45, 2.75) is 32.9 Å². The Morgan fingerprint density at radius 1 is 1.30 bits per heavy atom. The second-order valence-electron chi connectivity index (χ2n) is 4.83. The van der Waals surface area contributed by atoms with Gasteiger partial charge in [0.2, 0.25) is 0 Å². The number of halogens is 4. The summed E-state index contributed by atoms with van der Waals surface area (Å²) in [5.41, 5.74) is -2.36. The average Bonchev–Trinajstić information content (AvgIpc) is 2.32. The number of alkyl halides is 3. The van der Waals surface area contributed by atoms with Gasteiger partial charge in [0.05, 0.1) is 12.2 Å². The van der Waals surface area contributed by atoms with Crippen molar-refractivity contribution >= 4 is 5.97 Å². The molecular weight excluding hydrogens is 276 g/mol. The van der Waals surface area contributed by atoms with Crippen LogP contribution in [0.4, 0.5) is 17.6 Å². The molecule has 0 N–H and O–H groups in total. The molecule has 0 radical (unpaired) electrons. The topological polar surface area (TPSA) is 26.3 Å². The first-order chi connectivity index (χ1) is 9.23. The molecule has 0 saturated carbocycles. The summed E-state index contributed by atoms with van der Waals surface area (Å²) in [7, 11) is 0. The standard InChI is InChI=1S/C14H16F4O2/c1-9(2)5-4-8-20-13(19)12-10(14(16,17)18)6-3-7-11(12)15/h3,6-7,9H,4-5,8H2,1-2H3. The Morgan fingerprint density at radius 2 is 1.95 bits per heavy atom. The largest absolute Gasteiger partial charge is 0.462 e. The van der Waals surface area contributed by atoms with Crippen molar-refractivity contribution in [3.8, 4) is 0 Å². The van der Waals surface area contributed by atoms with Gasteiger partial charge in [-0.3, -0.25) is 0 Å². The number of carbonyl (C=O) groups excluding carboxylic acids is 1. The van der Waals surface area contributed by atoms with Crippen LogP contribution in [-0.2, 0) is 10.9 Å². The van der Waals surface area contributed by atoms with Gasteiger partial charge >= 0.3 is 12.1 Å². The Kier molecular flexibility index (Phi) is 5.53. The van der Waals surface area contributed by atoms with Gasteiger partial charge in [0.15, 0.2) is 0 Å². The highest BCUT2D eigenvalue weighted by Crippen LogP contribution is 2.33. The van der Waals surface area contributed by atoms with Crippen LogP contribution in [0.5, 0.6) is 0 Å². The number of carbonyl (C=O) groups is 1. The minimum atomic E-state index is -4.80. The van der Waals surface area contributed by atoms with Gasteiger partial charge in [0.25, 0.3) is 0 Å². The lowest BCUT2D eigenvalue weighted by Crippen LogP contribution is -2.17. The molecule has 0 amide bonds. The Morgan fingerprint density at radius 3 is 2.50 bits per heavy atom. The summed E-state index contributed by atoms with van der Waals surface area (Å²) in [4.78, 5) is 11.6. The van der Waals surface area contributed by atoms with Crippen molar-refractivity contribution in [2.24, 2.45) is 5.92 Å². The van der Waals surface area contributed by atoms with E-state index in [4.69, 9.17) is 4.74 Å². The van der Waals surface area contributed by atoms with Crippen LogP contribution in [0.3, 0.4) is 0 Å². The molecule has 1 rings (SSSR count). The molecule has 0 unspecified atom stereocenters. The number of ether oxygens (including phenoxy) is 1. The predicted molar refractivity (Wildman–Crippen MR) is 65.8 cm³/mol. The molecule has 0 bridgehead atoms. The molecule has 0 saturated heterocycles. The molecule has 20 heavy (non-hydrogen) atoms. The zero-order valence-corrected chi connectivity index (χ0v) is 11.3. The maximum atomic E-state index is 13.5. The molecule has 0 heterocycles. The van der Waals surface area contributed by atoms with Gasteiger partial charge < -0.3 is 4.74 Å². The summed E-state index contributed by atoms with van der Waals surface area (Å²) in [5, 5.41) is 0. The first kappa shape index (κ1) is 16.5. The molecule has 112 valence electrons. The first-order valence-corrected chi connectivity index (χ1v) is 6.26. The third kappa shape index (κ3) is 4.51. The number of benzene rings is 1. The summed E-state index contributed by atoms with van der Waals surface area (Å²) < 4.78 is 56.3. The highest BCUT2D eigenvalue weighted by molar-refractivity contribution is 5.91. The fourth-order valence-electron chi connectivity index (χ4n) is 1.70. The van der Waals surface area contributed by atoms with E-state index in [0.717, 1.165) is 18.6 Å². The van der Waals surface area contributed by atoms with E-state index in [-0.39, 0.29) is 6.61 Å². The van der Waals surface area contributed by atoms with E-state index in [9.17, 15) is 22.4 Å². The lowest BCUT2D eigenvalue weighted by Gasteiger charge is -2.13. The van der Waals surface area contributed by atoms with Crippen molar-refractivity contribution in [3.63, 3.8) is 0 Å². The van der Waals surface area contributed by atoms with Crippen LogP contribution in [0, 0.1) is 11.7 Å². The molecule has 0 aromatic heterocycles. The van der Waals surface area contributed by atoms with E-state index >= 15 is 0 Å². The summed E-state index contributed by atoms with van der Waals surface area (Å²) >= 11 is 0. The molecule has 2 nitrogen and oxygen atoms in total. The van der Waals surface area contributed by atoms with E-state index in [1.165, 1.54) is 0 Å². The molecule has 0 atom stereocenters. The van der Waals surface area contributed by atoms with Crippen molar-refractivity contribution in [1.29, 1.82) is 0 Å². The maximum absolute atomic E-state index is 13.5. The molecule has 6 heteroatoms. The monoisotopic (exact) mass is 292 g/mol. The second kappa shape index (κ2) is 6.72. The lowest BCUT2D eigenvalue weighted by molar-refractivity contribution is -0.138. The second-order valence-corrected chi connectivity index (χ2v) is 4.83. The van der Waals surface area contributed by atoms with Gasteiger partial charge in [-0.2, -0.15) is 13.2 Å². The van der Waals surface area contributed by atoms with Crippen molar-refractivity contribution in [2.75, 3.05) is 6.61 Å². The Balaban J connectivity index is 2.82. The molecular formula is C14H16F4O2. The van der Waals surface area contributed by atoms with Gasteiger partial charge in [-0.05, 0) is 30.9 Å². The third-order valence-electron chi connectivity index (χ3n) is 2.68. The van der Waals surface area contributed by atoms with E-state index in [1.807, 2.05) is 13.8 Å². The van der Waals surface area contributed by atoms with E-state index in [2.05, 4.69) is 0 Å². The van der Waals surface area contributed by atoms with Crippen molar-refractivity contribution in [3.05, 3.63) is 35.1 Å². The minimum absolute atomic E-state index is 0.0252. The summed E-state index contributed by atoms with van der Waals surface area (Å²) in [5.74, 6) is -2.11. The van der Waals surface area contributed by atoms with Crippen LogP contribution >= 0.6 is 0 Å². The van der Waals surface area contributed by atoms with E-state index in [1.54, 1.807) is 0 Å².